The lowest BCUT2D eigenvalue weighted by molar-refractivity contribution is 0.0617. The van der Waals surface area contributed by atoms with Crippen LogP contribution in [-0.2, 0) is 0 Å². The van der Waals surface area contributed by atoms with E-state index in [0.717, 1.165) is 34.7 Å². The molecule has 1 aliphatic rings. The minimum atomic E-state index is -0.0410. The summed E-state index contributed by atoms with van der Waals surface area (Å²) in [6.07, 6.45) is 4.37. The molecular weight excluding hydrogens is 332 g/mol. The van der Waals surface area contributed by atoms with Crippen LogP contribution < -0.4 is 0 Å². The van der Waals surface area contributed by atoms with Crippen LogP contribution in [0.1, 0.15) is 30.8 Å². The van der Waals surface area contributed by atoms with Crippen molar-refractivity contribution in [3.05, 3.63) is 42.4 Å². The highest BCUT2D eigenvalue weighted by Crippen LogP contribution is 2.31. The molecule has 2 atom stereocenters. The van der Waals surface area contributed by atoms with Crippen LogP contribution in [0.25, 0.3) is 20.9 Å². The van der Waals surface area contributed by atoms with Crippen LogP contribution in [0.4, 0.5) is 0 Å². The van der Waals surface area contributed by atoms with E-state index in [-0.39, 0.29) is 5.91 Å². The van der Waals surface area contributed by atoms with Crippen molar-refractivity contribution in [1.82, 2.24) is 19.9 Å². The van der Waals surface area contributed by atoms with Gasteiger partial charge in [0.15, 0.2) is 5.69 Å². The Labute approximate surface area is 150 Å². The molecule has 1 fully saturated rings. The molecule has 0 spiro atoms. The molecular formula is C19H20N4OS. The minimum Gasteiger partial charge on any atom is -0.337 e. The van der Waals surface area contributed by atoms with Gasteiger partial charge in [0.05, 0.1) is 10.2 Å². The first-order valence-corrected chi connectivity index (χ1v) is 9.39. The van der Waals surface area contributed by atoms with Gasteiger partial charge in [0.25, 0.3) is 5.91 Å². The molecule has 0 N–H and O–H groups in total. The smallest absolute Gasteiger partial charge is 0.274 e. The van der Waals surface area contributed by atoms with Crippen LogP contribution in [0.5, 0.6) is 0 Å². The van der Waals surface area contributed by atoms with E-state index in [2.05, 4.69) is 28.8 Å². The first-order valence-electron chi connectivity index (χ1n) is 8.58. The molecule has 25 heavy (non-hydrogen) atoms. The monoisotopic (exact) mass is 352 g/mol. The number of amides is 1. The van der Waals surface area contributed by atoms with Crippen molar-refractivity contribution in [1.29, 1.82) is 0 Å². The third kappa shape index (κ3) is 3.14. The fraction of sp³-hybridized carbons (Fsp3) is 0.368. The van der Waals surface area contributed by atoms with Crippen molar-refractivity contribution < 1.29 is 4.79 Å². The Balaban J connectivity index is 1.72. The molecule has 3 aromatic rings. The molecule has 0 saturated carbocycles. The van der Waals surface area contributed by atoms with Crippen LogP contribution in [0.3, 0.4) is 0 Å². The lowest BCUT2D eigenvalue weighted by atomic mass is 9.91. The molecule has 2 unspecified atom stereocenters. The maximum Gasteiger partial charge on any atom is 0.274 e. The average molecular weight is 352 g/mol. The highest BCUT2D eigenvalue weighted by atomic mass is 32.1. The summed E-state index contributed by atoms with van der Waals surface area (Å²) in [6.45, 7) is 5.94. The van der Waals surface area contributed by atoms with Gasteiger partial charge in [-0.1, -0.05) is 26.0 Å². The Kier molecular flexibility index (Phi) is 4.21. The van der Waals surface area contributed by atoms with Gasteiger partial charge in [-0.3, -0.25) is 4.79 Å². The maximum absolute atomic E-state index is 13.1. The third-order valence-corrected chi connectivity index (χ3v) is 5.60. The summed E-state index contributed by atoms with van der Waals surface area (Å²) in [5.41, 5.74) is 1.91. The van der Waals surface area contributed by atoms with Crippen LogP contribution in [-0.4, -0.2) is 38.8 Å². The second kappa shape index (κ2) is 6.52. The number of benzene rings is 1. The van der Waals surface area contributed by atoms with Gasteiger partial charge >= 0.3 is 0 Å². The maximum atomic E-state index is 13.1. The van der Waals surface area contributed by atoms with E-state index < -0.39 is 0 Å². The Morgan fingerprint density at radius 3 is 2.60 bits per heavy atom. The minimum absolute atomic E-state index is 0.0410. The van der Waals surface area contributed by atoms with Crippen LogP contribution >= 0.6 is 11.3 Å². The molecule has 0 aliphatic carbocycles. The Hall–Kier alpha value is -2.34. The summed E-state index contributed by atoms with van der Waals surface area (Å²) in [4.78, 5) is 28.5. The SMILES string of the molecule is CC1CC(C)CN(C(=O)c2nccnc2-c2nc3ccccc3s2)C1. The molecule has 0 radical (unpaired) electrons. The van der Waals surface area contributed by atoms with Crippen molar-refractivity contribution in [2.45, 2.75) is 20.3 Å². The molecule has 6 heteroatoms. The molecule has 3 heterocycles. The molecule has 0 bridgehead atoms. The average Bonchev–Trinajstić information content (AvgIpc) is 3.04. The zero-order valence-electron chi connectivity index (χ0n) is 14.3. The Bertz CT molecular complexity index is 879. The fourth-order valence-corrected chi connectivity index (χ4v) is 4.57. The summed E-state index contributed by atoms with van der Waals surface area (Å²) in [5, 5.41) is 0.746. The quantitative estimate of drug-likeness (QED) is 0.702. The number of hydrogen-bond donors (Lipinski definition) is 0. The third-order valence-electron chi connectivity index (χ3n) is 4.55. The molecule has 5 nitrogen and oxygen atoms in total. The van der Waals surface area contributed by atoms with Gasteiger partial charge < -0.3 is 4.90 Å². The Morgan fingerprint density at radius 1 is 1.12 bits per heavy atom. The largest absolute Gasteiger partial charge is 0.337 e. The lowest BCUT2D eigenvalue weighted by Gasteiger charge is -2.34. The summed E-state index contributed by atoms with van der Waals surface area (Å²) >= 11 is 1.55. The van der Waals surface area contributed by atoms with Crippen LogP contribution in [0.15, 0.2) is 36.7 Å². The highest BCUT2D eigenvalue weighted by molar-refractivity contribution is 7.21. The van der Waals surface area contributed by atoms with Gasteiger partial charge in [0.2, 0.25) is 0 Å². The molecule has 128 valence electrons. The number of likely N-dealkylation sites (tertiary alicyclic amines) is 1. The summed E-state index contributed by atoms with van der Waals surface area (Å²) in [6, 6.07) is 7.96. The van der Waals surface area contributed by atoms with Gasteiger partial charge in [0.1, 0.15) is 10.7 Å². The van der Waals surface area contributed by atoms with Gasteiger partial charge in [-0.25, -0.2) is 15.0 Å². The molecule has 4 rings (SSSR count). The molecule has 1 aliphatic heterocycles. The lowest BCUT2D eigenvalue weighted by Crippen LogP contribution is -2.43. The predicted octanol–water partition coefficient (Wildman–Crippen LogP) is 3.87. The Morgan fingerprint density at radius 2 is 1.84 bits per heavy atom. The molecule has 1 amide bonds. The highest BCUT2D eigenvalue weighted by Gasteiger charge is 2.29. The first-order chi connectivity index (χ1) is 12.1. The fourth-order valence-electron chi connectivity index (χ4n) is 3.60. The molecule has 1 aromatic carbocycles. The molecule has 1 saturated heterocycles. The van der Waals surface area contributed by atoms with E-state index >= 15 is 0 Å². The van der Waals surface area contributed by atoms with Crippen molar-refractivity contribution in [2.75, 3.05) is 13.1 Å². The number of piperidine rings is 1. The number of carbonyl (C=O) groups excluding carboxylic acids is 1. The predicted molar refractivity (Wildman–Crippen MR) is 99.5 cm³/mol. The van der Waals surface area contributed by atoms with Gasteiger partial charge in [-0.2, -0.15) is 0 Å². The number of thiazole rings is 1. The second-order valence-electron chi connectivity index (χ2n) is 6.90. The van der Waals surface area contributed by atoms with E-state index in [9.17, 15) is 4.79 Å². The van der Waals surface area contributed by atoms with E-state index in [1.165, 1.54) is 0 Å². The number of fused-ring (bicyclic) bond motifs is 1. The van der Waals surface area contributed by atoms with Crippen molar-refractivity contribution in [3.63, 3.8) is 0 Å². The van der Waals surface area contributed by atoms with E-state index in [4.69, 9.17) is 0 Å². The van der Waals surface area contributed by atoms with Gasteiger partial charge in [-0.15, -0.1) is 11.3 Å². The molecule has 2 aromatic heterocycles. The van der Waals surface area contributed by atoms with E-state index in [1.807, 2.05) is 29.2 Å². The van der Waals surface area contributed by atoms with Gasteiger partial charge in [0, 0.05) is 25.5 Å². The number of carbonyl (C=O) groups is 1. The van der Waals surface area contributed by atoms with Crippen molar-refractivity contribution in [2.24, 2.45) is 11.8 Å². The van der Waals surface area contributed by atoms with E-state index in [0.29, 0.717) is 23.2 Å². The first kappa shape index (κ1) is 16.1. The number of hydrogen-bond acceptors (Lipinski definition) is 5. The summed E-state index contributed by atoms with van der Waals surface area (Å²) < 4.78 is 1.08. The van der Waals surface area contributed by atoms with Crippen molar-refractivity contribution >= 4 is 27.5 Å². The zero-order chi connectivity index (χ0) is 17.4. The van der Waals surface area contributed by atoms with Crippen molar-refractivity contribution in [3.8, 4) is 10.7 Å². The standard InChI is InChI=1S/C19H20N4OS/c1-12-9-13(2)11-23(10-12)19(24)17-16(20-7-8-21-17)18-22-14-5-3-4-6-15(14)25-18/h3-8,12-13H,9-11H2,1-2H3. The number of rotatable bonds is 2. The number of para-hydroxylation sites is 1. The topological polar surface area (TPSA) is 59.0 Å². The number of aromatic nitrogens is 3. The van der Waals surface area contributed by atoms with Crippen LogP contribution in [0.2, 0.25) is 0 Å². The zero-order valence-corrected chi connectivity index (χ0v) is 15.2. The summed E-state index contributed by atoms with van der Waals surface area (Å²) in [5.74, 6) is 0.978. The van der Waals surface area contributed by atoms with E-state index in [1.54, 1.807) is 23.7 Å². The van der Waals surface area contributed by atoms with Crippen LogP contribution in [0, 0.1) is 11.8 Å². The number of nitrogens with zero attached hydrogens (tertiary/aromatic N) is 4. The summed E-state index contributed by atoms with van der Waals surface area (Å²) in [7, 11) is 0. The normalized spacial score (nSPS) is 20.8. The second-order valence-corrected chi connectivity index (χ2v) is 7.93. The van der Waals surface area contributed by atoms with Gasteiger partial charge in [-0.05, 0) is 30.4 Å².